The van der Waals surface area contributed by atoms with Crippen LogP contribution in [0.3, 0.4) is 0 Å². The lowest BCUT2D eigenvalue weighted by atomic mass is 10.2. The summed E-state index contributed by atoms with van der Waals surface area (Å²) in [6, 6.07) is 14.3. The second-order valence-corrected chi connectivity index (χ2v) is 9.59. The molecule has 1 N–H and O–H groups in total. The van der Waals surface area contributed by atoms with E-state index in [0.29, 0.717) is 39.3 Å². The largest absolute Gasteiger partial charge is 0.351 e. The molecule has 2 amide bonds. The number of hydrogen-bond acceptors (Lipinski definition) is 4. The van der Waals surface area contributed by atoms with Gasteiger partial charge in [-0.1, -0.05) is 30.3 Å². The molecule has 8 nitrogen and oxygen atoms in total. The number of aryl methyl sites for hydroxylation is 1. The molecule has 190 valence electrons. The third-order valence-electron chi connectivity index (χ3n) is 6.63. The monoisotopic (exact) mass is 488 g/mol. The number of hydrogen-bond donors (Lipinski definition) is 1. The van der Waals surface area contributed by atoms with E-state index in [-0.39, 0.29) is 17.9 Å². The molecule has 0 spiro atoms. The molecule has 1 fully saturated rings. The minimum atomic E-state index is 0.000189. The number of carbonyl (C=O) groups excluding carboxylic acids is 2. The van der Waals surface area contributed by atoms with Crippen LogP contribution in [0.15, 0.2) is 54.7 Å². The summed E-state index contributed by atoms with van der Waals surface area (Å²) in [6.07, 6.45) is 5.38. The van der Waals surface area contributed by atoms with E-state index in [2.05, 4.69) is 53.6 Å². The Hall–Kier alpha value is -3.65. The zero-order valence-electron chi connectivity index (χ0n) is 21.6. The molecule has 0 saturated carbocycles. The highest BCUT2D eigenvalue weighted by Gasteiger charge is 2.21. The second kappa shape index (κ2) is 11.4. The summed E-state index contributed by atoms with van der Waals surface area (Å²) in [7, 11) is 0. The van der Waals surface area contributed by atoms with Crippen LogP contribution in [0.5, 0.6) is 0 Å². The normalized spacial score (nSPS) is 14.6. The Morgan fingerprint density at radius 3 is 2.47 bits per heavy atom. The molecule has 0 atom stereocenters. The van der Waals surface area contributed by atoms with E-state index in [9.17, 15) is 9.59 Å². The number of benzene rings is 1. The maximum atomic E-state index is 12.9. The average Bonchev–Trinajstić information content (AvgIpc) is 3.46. The van der Waals surface area contributed by atoms with Crippen molar-refractivity contribution in [2.45, 2.75) is 40.3 Å². The topological polar surface area (TPSA) is 75.4 Å². The van der Waals surface area contributed by atoms with Crippen molar-refractivity contribution in [3.63, 3.8) is 0 Å². The molecule has 36 heavy (non-hydrogen) atoms. The summed E-state index contributed by atoms with van der Waals surface area (Å²) in [6.45, 7) is 11.8. The molecule has 0 bridgehead atoms. The number of nitrogens with one attached hydrogen (secondary N) is 1. The van der Waals surface area contributed by atoms with Gasteiger partial charge in [-0.2, -0.15) is 5.10 Å². The fourth-order valence-corrected chi connectivity index (χ4v) is 4.64. The molecule has 4 rings (SSSR count). The van der Waals surface area contributed by atoms with Crippen LogP contribution in [0.25, 0.3) is 11.9 Å². The first kappa shape index (κ1) is 25.4. The standard InChI is InChI=1S/C28H36N6O2/c1-21(2)34-27(12-13-30-34)33-22(3)18-25(23(33)4)10-11-28(36)32-16-14-31(15-17-32)20-26(35)29-19-24-8-6-5-7-9-24/h5-13,18,21H,14-17,19-20H2,1-4H3,(H,29,35)/b11-10+. The highest BCUT2D eigenvalue weighted by atomic mass is 16.2. The van der Waals surface area contributed by atoms with Crippen LogP contribution in [0, 0.1) is 13.8 Å². The lowest BCUT2D eigenvalue weighted by Crippen LogP contribution is -2.50. The van der Waals surface area contributed by atoms with Gasteiger partial charge in [0.2, 0.25) is 11.8 Å². The summed E-state index contributed by atoms with van der Waals surface area (Å²) < 4.78 is 4.18. The van der Waals surface area contributed by atoms with Crippen LogP contribution >= 0.6 is 0 Å². The molecule has 1 aliphatic heterocycles. The maximum absolute atomic E-state index is 12.9. The Balaban J connectivity index is 1.29. The quantitative estimate of drug-likeness (QED) is 0.494. The number of amides is 2. The van der Waals surface area contributed by atoms with Gasteiger partial charge in [0.25, 0.3) is 0 Å². The zero-order valence-corrected chi connectivity index (χ0v) is 21.6. The predicted octanol–water partition coefficient (Wildman–Crippen LogP) is 3.35. The molecule has 3 heterocycles. The molecule has 1 aliphatic rings. The third-order valence-corrected chi connectivity index (χ3v) is 6.63. The first-order chi connectivity index (χ1) is 17.3. The lowest BCUT2D eigenvalue weighted by molar-refractivity contribution is -0.128. The van der Waals surface area contributed by atoms with Gasteiger partial charge in [0.05, 0.1) is 12.7 Å². The van der Waals surface area contributed by atoms with Gasteiger partial charge in [-0.05, 0) is 51.0 Å². The van der Waals surface area contributed by atoms with E-state index >= 15 is 0 Å². The van der Waals surface area contributed by atoms with Gasteiger partial charge in [0, 0.05) is 62.3 Å². The van der Waals surface area contributed by atoms with E-state index in [1.54, 1.807) is 6.08 Å². The summed E-state index contributed by atoms with van der Waals surface area (Å²) in [5, 5.41) is 7.43. The second-order valence-electron chi connectivity index (χ2n) is 9.59. The highest BCUT2D eigenvalue weighted by Crippen LogP contribution is 2.23. The van der Waals surface area contributed by atoms with Crippen LogP contribution in [-0.2, 0) is 16.1 Å². The van der Waals surface area contributed by atoms with Crippen molar-refractivity contribution in [1.29, 1.82) is 0 Å². The predicted molar refractivity (Wildman–Crippen MR) is 142 cm³/mol. The Morgan fingerprint density at radius 1 is 1.06 bits per heavy atom. The fourth-order valence-electron chi connectivity index (χ4n) is 4.64. The highest BCUT2D eigenvalue weighted by molar-refractivity contribution is 5.92. The van der Waals surface area contributed by atoms with Crippen molar-refractivity contribution in [2.75, 3.05) is 32.7 Å². The van der Waals surface area contributed by atoms with Crippen molar-refractivity contribution >= 4 is 17.9 Å². The number of nitrogens with zero attached hydrogens (tertiary/aromatic N) is 5. The number of aromatic nitrogens is 3. The van der Waals surface area contributed by atoms with Crippen LogP contribution in [0.4, 0.5) is 0 Å². The molecule has 8 heteroatoms. The van der Waals surface area contributed by atoms with Crippen LogP contribution in [0.2, 0.25) is 0 Å². The Labute approximate surface area is 213 Å². The van der Waals surface area contributed by atoms with Gasteiger partial charge >= 0.3 is 0 Å². The number of rotatable bonds is 8. The van der Waals surface area contributed by atoms with E-state index in [1.165, 1.54) is 0 Å². The minimum absolute atomic E-state index is 0.000189. The summed E-state index contributed by atoms with van der Waals surface area (Å²) in [4.78, 5) is 29.1. The zero-order chi connectivity index (χ0) is 25.7. The van der Waals surface area contributed by atoms with E-state index in [0.717, 1.165) is 28.3 Å². The van der Waals surface area contributed by atoms with E-state index in [1.807, 2.05) is 58.3 Å². The summed E-state index contributed by atoms with van der Waals surface area (Å²) in [5.41, 5.74) is 4.27. The molecule has 2 aromatic heterocycles. The maximum Gasteiger partial charge on any atom is 0.246 e. The Bertz CT molecular complexity index is 1220. The van der Waals surface area contributed by atoms with Crippen LogP contribution in [-0.4, -0.2) is 68.7 Å². The molecule has 0 radical (unpaired) electrons. The van der Waals surface area contributed by atoms with E-state index < -0.39 is 0 Å². The van der Waals surface area contributed by atoms with Crippen molar-refractivity contribution in [2.24, 2.45) is 0 Å². The van der Waals surface area contributed by atoms with Crippen molar-refractivity contribution in [3.8, 4) is 5.82 Å². The first-order valence-corrected chi connectivity index (χ1v) is 12.6. The van der Waals surface area contributed by atoms with E-state index in [4.69, 9.17) is 0 Å². The molecule has 1 aromatic carbocycles. The summed E-state index contributed by atoms with van der Waals surface area (Å²) in [5.74, 6) is 1.03. The van der Waals surface area contributed by atoms with Crippen molar-refractivity contribution < 1.29 is 9.59 Å². The number of piperazine rings is 1. The molecule has 0 unspecified atom stereocenters. The van der Waals surface area contributed by atoms with Gasteiger partial charge in [-0.25, -0.2) is 4.68 Å². The lowest BCUT2D eigenvalue weighted by Gasteiger charge is -2.33. The summed E-state index contributed by atoms with van der Waals surface area (Å²) >= 11 is 0. The average molecular weight is 489 g/mol. The van der Waals surface area contributed by atoms with Gasteiger partial charge < -0.3 is 14.8 Å². The molecular weight excluding hydrogens is 452 g/mol. The SMILES string of the molecule is Cc1cc(/C=C/C(=O)N2CCN(CC(=O)NCc3ccccc3)CC2)c(C)n1-c1ccnn1C(C)C. The minimum Gasteiger partial charge on any atom is -0.351 e. The van der Waals surface area contributed by atoms with Gasteiger partial charge in [0.1, 0.15) is 5.82 Å². The molecule has 3 aromatic rings. The number of carbonyl (C=O) groups is 2. The third kappa shape index (κ3) is 5.94. The molecule has 1 saturated heterocycles. The first-order valence-electron chi connectivity index (χ1n) is 12.6. The Kier molecular flexibility index (Phi) is 8.05. The smallest absolute Gasteiger partial charge is 0.246 e. The van der Waals surface area contributed by atoms with Gasteiger partial charge in [-0.3, -0.25) is 14.5 Å². The molecule has 0 aliphatic carbocycles. The van der Waals surface area contributed by atoms with Crippen LogP contribution in [0.1, 0.15) is 42.4 Å². The van der Waals surface area contributed by atoms with Gasteiger partial charge in [-0.15, -0.1) is 0 Å². The van der Waals surface area contributed by atoms with Crippen molar-refractivity contribution in [3.05, 3.63) is 77.3 Å². The molecular formula is C28H36N6O2. The van der Waals surface area contributed by atoms with Crippen LogP contribution < -0.4 is 5.32 Å². The van der Waals surface area contributed by atoms with Crippen molar-refractivity contribution in [1.82, 2.24) is 29.5 Å². The Morgan fingerprint density at radius 2 is 1.78 bits per heavy atom. The fraction of sp³-hybridized carbons (Fsp3) is 0.393. The van der Waals surface area contributed by atoms with Gasteiger partial charge in [0.15, 0.2) is 0 Å².